The molecule has 0 aliphatic carbocycles. The van der Waals surface area contributed by atoms with E-state index in [0.29, 0.717) is 18.9 Å². The lowest BCUT2D eigenvalue weighted by Crippen LogP contribution is -2.54. The summed E-state index contributed by atoms with van der Waals surface area (Å²) in [6, 6.07) is 1.45. The van der Waals surface area contributed by atoms with Crippen molar-refractivity contribution < 1.29 is 9.84 Å². The standard InChI is InChI=1S/C11H17N3O3/c1-11(2)6-14(4-8(5-15)17-11)9-3-10(16)13-7-12-9/h3,7-8,15H,4-6H2,1-2H3,(H,12,13,16). The van der Waals surface area contributed by atoms with Crippen molar-refractivity contribution in [2.24, 2.45) is 0 Å². The quantitative estimate of drug-likeness (QED) is 0.744. The molecule has 1 unspecified atom stereocenters. The lowest BCUT2D eigenvalue weighted by Gasteiger charge is -2.42. The lowest BCUT2D eigenvalue weighted by molar-refractivity contribution is -0.101. The first kappa shape index (κ1) is 12.1. The molecule has 2 rings (SSSR count). The molecule has 0 aromatic carbocycles. The molecule has 17 heavy (non-hydrogen) atoms. The maximum atomic E-state index is 11.2. The van der Waals surface area contributed by atoms with Gasteiger partial charge in [-0.3, -0.25) is 4.79 Å². The van der Waals surface area contributed by atoms with Gasteiger partial charge in [0.15, 0.2) is 0 Å². The van der Waals surface area contributed by atoms with E-state index in [-0.39, 0.29) is 23.9 Å². The molecule has 1 aliphatic rings. The van der Waals surface area contributed by atoms with Gasteiger partial charge in [-0.15, -0.1) is 0 Å². The van der Waals surface area contributed by atoms with Gasteiger partial charge in [-0.05, 0) is 13.8 Å². The number of aromatic nitrogens is 2. The highest BCUT2D eigenvalue weighted by Gasteiger charge is 2.33. The van der Waals surface area contributed by atoms with Gasteiger partial charge < -0.3 is 19.7 Å². The van der Waals surface area contributed by atoms with Crippen LogP contribution in [0.25, 0.3) is 0 Å². The van der Waals surface area contributed by atoms with Gasteiger partial charge in [0.2, 0.25) is 0 Å². The fraction of sp³-hybridized carbons (Fsp3) is 0.636. The summed E-state index contributed by atoms with van der Waals surface area (Å²) < 4.78 is 5.70. The fourth-order valence-electron chi connectivity index (χ4n) is 2.10. The van der Waals surface area contributed by atoms with Crippen LogP contribution in [0.3, 0.4) is 0 Å². The first-order valence-corrected chi connectivity index (χ1v) is 5.58. The molecule has 1 aromatic heterocycles. The van der Waals surface area contributed by atoms with Crippen LogP contribution in [-0.2, 0) is 4.74 Å². The minimum atomic E-state index is -0.365. The summed E-state index contributed by atoms with van der Waals surface area (Å²) in [5.74, 6) is 0.614. The van der Waals surface area contributed by atoms with E-state index in [1.807, 2.05) is 18.7 Å². The van der Waals surface area contributed by atoms with Crippen LogP contribution < -0.4 is 10.5 Å². The van der Waals surface area contributed by atoms with Gasteiger partial charge in [-0.1, -0.05) is 0 Å². The summed E-state index contributed by atoms with van der Waals surface area (Å²) >= 11 is 0. The topological polar surface area (TPSA) is 78.5 Å². The molecule has 1 saturated heterocycles. The number of aromatic amines is 1. The number of anilines is 1. The molecule has 1 atom stereocenters. The second-order valence-corrected chi connectivity index (χ2v) is 4.83. The number of hydrogen-bond acceptors (Lipinski definition) is 5. The number of morpholine rings is 1. The predicted molar refractivity (Wildman–Crippen MR) is 63.1 cm³/mol. The van der Waals surface area contributed by atoms with E-state index < -0.39 is 0 Å². The molecule has 94 valence electrons. The molecular formula is C11H17N3O3. The Hall–Kier alpha value is -1.40. The molecule has 2 N–H and O–H groups in total. The highest BCUT2D eigenvalue weighted by molar-refractivity contribution is 5.38. The molecule has 1 aromatic rings. The van der Waals surface area contributed by atoms with Crippen LogP contribution in [0.15, 0.2) is 17.2 Å². The van der Waals surface area contributed by atoms with Gasteiger partial charge in [-0.25, -0.2) is 4.98 Å². The number of ether oxygens (including phenoxy) is 1. The maximum Gasteiger partial charge on any atom is 0.252 e. The molecule has 6 heteroatoms. The molecule has 0 amide bonds. The molecule has 1 aliphatic heterocycles. The Labute approximate surface area is 99.2 Å². The Kier molecular flexibility index (Phi) is 3.17. The molecule has 6 nitrogen and oxygen atoms in total. The van der Waals surface area contributed by atoms with E-state index in [2.05, 4.69) is 9.97 Å². The van der Waals surface area contributed by atoms with Crippen LogP contribution in [0.2, 0.25) is 0 Å². The fourth-order valence-corrected chi connectivity index (χ4v) is 2.10. The van der Waals surface area contributed by atoms with Crippen molar-refractivity contribution in [3.63, 3.8) is 0 Å². The van der Waals surface area contributed by atoms with Crippen molar-refractivity contribution in [3.05, 3.63) is 22.7 Å². The average molecular weight is 239 g/mol. The first-order chi connectivity index (χ1) is 8.00. The minimum absolute atomic E-state index is 0.0386. The van der Waals surface area contributed by atoms with E-state index in [4.69, 9.17) is 4.74 Å². The van der Waals surface area contributed by atoms with Crippen LogP contribution in [0.4, 0.5) is 5.82 Å². The Morgan fingerprint density at radius 2 is 2.47 bits per heavy atom. The summed E-state index contributed by atoms with van der Waals surface area (Å²) in [7, 11) is 0. The lowest BCUT2D eigenvalue weighted by atomic mass is 10.1. The number of rotatable bonds is 2. The van der Waals surface area contributed by atoms with Gasteiger partial charge in [-0.2, -0.15) is 0 Å². The van der Waals surface area contributed by atoms with Gasteiger partial charge in [0.25, 0.3) is 5.56 Å². The second-order valence-electron chi connectivity index (χ2n) is 4.83. The highest BCUT2D eigenvalue weighted by atomic mass is 16.5. The number of H-pyrrole nitrogens is 1. The van der Waals surface area contributed by atoms with E-state index in [1.165, 1.54) is 12.4 Å². The van der Waals surface area contributed by atoms with E-state index in [1.54, 1.807) is 0 Å². The van der Waals surface area contributed by atoms with Crippen molar-refractivity contribution in [2.45, 2.75) is 25.6 Å². The van der Waals surface area contributed by atoms with Crippen molar-refractivity contribution in [2.75, 3.05) is 24.6 Å². The maximum absolute atomic E-state index is 11.2. The minimum Gasteiger partial charge on any atom is -0.394 e. The van der Waals surface area contributed by atoms with Crippen LogP contribution in [0.5, 0.6) is 0 Å². The number of aliphatic hydroxyl groups is 1. The van der Waals surface area contributed by atoms with Gasteiger partial charge in [0.05, 0.1) is 24.6 Å². The Morgan fingerprint density at radius 3 is 3.12 bits per heavy atom. The Morgan fingerprint density at radius 1 is 1.71 bits per heavy atom. The zero-order valence-corrected chi connectivity index (χ0v) is 10.0. The largest absolute Gasteiger partial charge is 0.394 e. The van der Waals surface area contributed by atoms with E-state index >= 15 is 0 Å². The van der Waals surface area contributed by atoms with Crippen molar-refractivity contribution >= 4 is 5.82 Å². The third kappa shape index (κ3) is 2.83. The molecule has 0 spiro atoms. The zero-order valence-electron chi connectivity index (χ0n) is 10.0. The molecule has 2 heterocycles. The Balaban J connectivity index is 2.23. The number of aliphatic hydroxyl groups excluding tert-OH is 1. The van der Waals surface area contributed by atoms with Crippen LogP contribution >= 0.6 is 0 Å². The average Bonchev–Trinajstić information content (AvgIpc) is 2.27. The van der Waals surface area contributed by atoms with Crippen molar-refractivity contribution in [3.8, 4) is 0 Å². The summed E-state index contributed by atoms with van der Waals surface area (Å²) in [5.41, 5.74) is -0.546. The SMILES string of the molecule is CC1(C)CN(c2cc(=O)[nH]cn2)CC(CO)O1. The summed E-state index contributed by atoms with van der Waals surface area (Å²) in [6.07, 6.45) is 1.13. The number of nitrogens with zero attached hydrogens (tertiary/aromatic N) is 2. The van der Waals surface area contributed by atoms with Gasteiger partial charge >= 0.3 is 0 Å². The Bertz CT molecular complexity index is 444. The number of nitrogens with one attached hydrogen (secondary N) is 1. The van der Waals surface area contributed by atoms with Crippen LogP contribution in [-0.4, -0.2) is 46.5 Å². The highest BCUT2D eigenvalue weighted by Crippen LogP contribution is 2.23. The molecule has 1 fully saturated rings. The van der Waals surface area contributed by atoms with E-state index in [9.17, 15) is 9.90 Å². The molecule has 0 radical (unpaired) electrons. The molecule has 0 saturated carbocycles. The summed E-state index contributed by atoms with van der Waals surface area (Å²) in [5, 5.41) is 9.20. The first-order valence-electron chi connectivity index (χ1n) is 5.58. The van der Waals surface area contributed by atoms with Gasteiger partial charge in [0, 0.05) is 19.2 Å². The number of hydrogen-bond donors (Lipinski definition) is 2. The van der Waals surface area contributed by atoms with Crippen molar-refractivity contribution in [1.82, 2.24) is 9.97 Å². The van der Waals surface area contributed by atoms with Crippen LogP contribution in [0.1, 0.15) is 13.8 Å². The normalized spacial score (nSPS) is 23.7. The van der Waals surface area contributed by atoms with Crippen molar-refractivity contribution in [1.29, 1.82) is 0 Å². The van der Waals surface area contributed by atoms with Crippen LogP contribution in [0, 0.1) is 0 Å². The summed E-state index contributed by atoms with van der Waals surface area (Å²) in [6.45, 7) is 5.05. The predicted octanol–water partition coefficient (Wildman–Crippen LogP) is -0.254. The second kappa shape index (κ2) is 4.46. The molecule has 0 bridgehead atoms. The zero-order chi connectivity index (χ0) is 12.5. The van der Waals surface area contributed by atoms with E-state index in [0.717, 1.165) is 0 Å². The van der Waals surface area contributed by atoms with Gasteiger partial charge in [0.1, 0.15) is 5.82 Å². The monoisotopic (exact) mass is 239 g/mol. The third-order valence-electron chi connectivity index (χ3n) is 2.67. The molecular weight excluding hydrogens is 222 g/mol. The third-order valence-corrected chi connectivity index (χ3v) is 2.67. The smallest absolute Gasteiger partial charge is 0.252 e. The summed E-state index contributed by atoms with van der Waals surface area (Å²) in [4.78, 5) is 19.8.